The van der Waals surface area contributed by atoms with Crippen LogP contribution in [0.15, 0.2) is 0 Å². The molecule has 0 radical (unpaired) electrons. The molecule has 0 fully saturated rings. The molecule has 9 nitrogen and oxygen atoms in total. The summed E-state index contributed by atoms with van der Waals surface area (Å²) in [6.45, 7) is 0. The molecule has 0 unspecified atom stereocenters. The third-order valence-electron chi connectivity index (χ3n) is 0. The predicted octanol–water partition coefficient (Wildman–Crippen LogP) is -5.05. The normalized spacial score (nSPS) is 5.14. The van der Waals surface area contributed by atoms with E-state index < -0.39 is 18.5 Å². The molecular weight excluding hydrogens is 285 g/mol. The fourth-order valence-electron chi connectivity index (χ4n) is 0. The van der Waals surface area contributed by atoms with Crippen LogP contribution >= 0.6 is 0 Å². The van der Waals surface area contributed by atoms with Crippen LogP contribution < -0.4 is 20.4 Å². The van der Waals surface area contributed by atoms with Gasteiger partial charge in [0.15, 0.2) is 0 Å². The first kappa shape index (κ1) is 29.2. The first-order chi connectivity index (χ1) is 5.20. The Morgan fingerprint density at radius 3 is 0.786 bits per heavy atom. The van der Waals surface area contributed by atoms with Gasteiger partial charge in [-0.2, -0.15) is 0 Å². The van der Waals surface area contributed by atoms with Gasteiger partial charge in [-0.1, -0.05) is 0 Å². The zero-order valence-electron chi connectivity index (χ0n) is 6.67. The standard InChI is InChI=1S/3CH2O3.Ca.Zn/c3*2-1(3)4;;/h3*(H2,2,3,4);;/q;;;2*+2/p-4. The Morgan fingerprint density at radius 2 is 0.786 bits per heavy atom. The summed E-state index contributed by atoms with van der Waals surface area (Å²) in [5.74, 6) is 0. The molecule has 0 aromatic rings. The average Bonchev–Trinajstić information content (AvgIpc) is 1.54. The number of carbonyl (C=O) groups is 3. The summed E-state index contributed by atoms with van der Waals surface area (Å²) in [7, 11) is 0. The van der Waals surface area contributed by atoms with Crippen LogP contribution in [0.1, 0.15) is 0 Å². The summed E-state index contributed by atoms with van der Waals surface area (Å²) in [5.41, 5.74) is 0. The molecule has 0 aliphatic rings. The van der Waals surface area contributed by atoms with Crippen molar-refractivity contribution in [1.29, 1.82) is 0 Å². The summed E-state index contributed by atoms with van der Waals surface area (Å²) >= 11 is 0. The average molecular weight is 288 g/mol. The summed E-state index contributed by atoms with van der Waals surface area (Å²) in [6, 6.07) is 0. The van der Waals surface area contributed by atoms with E-state index in [0.29, 0.717) is 0 Å². The van der Waals surface area contributed by atoms with Crippen LogP contribution in [-0.2, 0) is 19.5 Å². The van der Waals surface area contributed by atoms with E-state index in [2.05, 4.69) is 0 Å². The molecule has 0 aliphatic carbocycles. The molecule has 0 heterocycles. The van der Waals surface area contributed by atoms with E-state index in [-0.39, 0.29) is 57.2 Å². The smallest absolute Gasteiger partial charge is 0.652 e. The third kappa shape index (κ3) is 14200. The van der Waals surface area contributed by atoms with Gasteiger partial charge in [-0.25, -0.2) is 4.79 Å². The molecule has 14 heavy (non-hydrogen) atoms. The molecular formula is C3H2CaO9Zn. The second-order valence-corrected chi connectivity index (χ2v) is 0.783. The van der Waals surface area contributed by atoms with Crippen molar-refractivity contribution >= 4 is 56.2 Å². The third-order valence-corrected chi connectivity index (χ3v) is 0. The summed E-state index contributed by atoms with van der Waals surface area (Å²) in [4.78, 5) is 25.2. The maximum absolute atomic E-state index is 8.56. The minimum atomic E-state index is -2.33. The van der Waals surface area contributed by atoms with E-state index in [1.807, 2.05) is 0 Å². The summed E-state index contributed by atoms with van der Waals surface area (Å²) < 4.78 is 0. The Hall–Kier alpha value is -0.307. The van der Waals surface area contributed by atoms with Gasteiger partial charge in [0.2, 0.25) is 0 Å². The second kappa shape index (κ2) is 23.0. The molecule has 0 aromatic heterocycles. The van der Waals surface area contributed by atoms with Crippen molar-refractivity contribution < 1.29 is 64.5 Å². The van der Waals surface area contributed by atoms with Gasteiger partial charge in [0.25, 0.3) is 0 Å². The number of hydrogen-bond donors (Lipinski definition) is 2. The molecule has 0 saturated carbocycles. The number of carboxylic acid groups (broad SMARTS) is 6. The van der Waals surface area contributed by atoms with E-state index in [9.17, 15) is 0 Å². The van der Waals surface area contributed by atoms with Crippen molar-refractivity contribution in [3.05, 3.63) is 0 Å². The van der Waals surface area contributed by atoms with Gasteiger partial charge in [-0.15, -0.1) is 0 Å². The Bertz CT molecular complexity index is 118. The molecule has 0 bridgehead atoms. The zero-order valence-corrected chi connectivity index (χ0v) is 11.8. The molecule has 0 atom stereocenters. The molecule has 0 rings (SSSR count). The SMILES string of the molecule is O=C(O)O.O=C([O-])[O-].O=C([O-])[O-].[Ca+2].[Zn+2]. The summed E-state index contributed by atoms with van der Waals surface area (Å²) in [6.07, 6.45) is -6.50. The largest absolute Gasteiger partial charge is 2.00 e. The fraction of sp³-hybridized carbons (Fsp3) is 0. The summed E-state index contributed by atoms with van der Waals surface area (Å²) in [5, 5.41) is 47.3. The van der Waals surface area contributed by atoms with Crippen LogP contribution in [0.4, 0.5) is 14.4 Å². The first-order valence-corrected chi connectivity index (χ1v) is 1.88. The second-order valence-electron chi connectivity index (χ2n) is 0.783. The van der Waals surface area contributed by atoms with Crippen molar-refractivity contribution in [2.45, 2.75) is 0 Å². The maximum Gasteiger partial charge on any atom is 2.00 e. The van der Waals surface area contributed by atoms with Gasteiger partial charge in [0.1, 0.15) is 0 Å². The Kier molecular flexibility index (Phi) is 47.9. The van der Waals surface area contributed by atoms with Crippen molar-refractivity contribution in [3.63, 3.8) is 0 Å². The quantitative estimate of drug-likeness (QED) is 0.411. The molecule has 0 saturated heterocycles. The minimum absolute atomic E-state index is 0. The molecule has 0 spiro atoms. The number of carbonyl (C=O) groups excluding carboxylic acids is 2. The first-order valence-electron chi connectivity index (χ1n) is 1.88. The van der Waals surface area contributed by atoms with Crippen LogP contribution in [0, 0.1) is 0 Å². The van der Waals surface area contributed by atoms with E-state index in [1.54, 1.807) is 0 Å². The minimum Gasteiger partial charge on any atom is -0.652 e. The van der Waals surface area contributed by atoms with Crippen molar-refractivity contribution in [1.82, 2.24) is 0 Å². The predicted molar refractivity (Wildman–Crippen MR) is 27.2 cm³/mol. The molecule has 0 amide bonds. The monoisotopic (exact) mass is 286 g/mol. The van der Waals surface area contributed by atoms with E-state index >= 15 is 0 Å². The van der Waals surface area contributed by atoms with Gasteiger partial charge >= 0.3 is 63.4 Å². The van der Waals surface area contributed by atoms with Crippen LogP contribution in [0.5, 0.6) is 0 Å². The molecule has 0 aliphatic heterocycles. The van der Waals surface area contributed by atoms with Gasteiger partial charge < -0.3 is 40.2 Å². The maximum atomic E-state index is 8.56. The van der Waals surface area contributed by atoms with Crippen LogP contribution in [-0.4, -0.2) is 66.4 Å². The molecule has 72 valence electrons. The van der Waals surface area contributed by atoms with Gasteiger partial charge in [0, 0.05) is 0 Å². The van der Waals surface area contributed by atoms with Crippen LogP contribution in [0.25, 0.3) is 0 Å². The van der Waals surface area contributed by atoms with Crippen molar-refractivity contribution in [2.24, 2.45) is 0 Å². The number of hydrogen-bond acceptors (Lipinski definition) is 7. The van der Waals surface area contributed by atoms with Crippen LogP contribution in [0.2, 0.25) is 0 Å². The van der Waals surface area contributed by atoms with Gasteiger partial charge in [-0.3, -0.25) is 0 Å². The van der Waals surface area contributed by atoms with E-state index in [4.69, 9.17) is 45.0 Å². The van der Waals surface area contributed by atoms with Crippen molar-refractivity contribution in [2.75, 3.05) is 0 Å². The molecule has 2 N–H and O–H groups in total. The van der Waals surface area contributed by atoms with Crippen LogP contribution in [0.3, 0.4) is 0 Å². The molecule has 0 aromatic carbocycles. The molecule has 11 heteroatoms. The van der Waals surface area contributed by atoms with Crippen molar-refractivity contribution in [3.8, 4) is 0 Å². The number of rotatable bonds is 0. The van der Waals surface area contributed by atoms with E-state index in [1.165, 1.54) is 0 Å². The fourth-order valence-corrected chi connectivity index (χ4v) is 0. The van der Waals surface area contributed by atoms with Gasteiger partial charge in [-0.05, 0) is 12.3 Å². The Labute approximate surface area is 120 Å². The van der Waals surface area contributed by atoms with Gasteiger partial charge in [0.05, 0.1) is 0 Å². The topological polar surface area (TPSA) is 184 Å². The Morgan fingerprint density at radius 1 is 0.786 bits per heavy atom. The Balaban J connectivity index is -0.0000000270. The van der Waals surface area contributed by atoms with E-state index in [0.717, 1.165) is 0 Å². The zero-order chi connectivity index (χ0) is 10.7.